The zero-order valence-corrected chi connectivity index (χ0v) is 14.5. The number of anilines is 1. The molecule has 1 aliphatic carbocycles. The van der Waals surface area contributed by atoms with Crippen LogP contribution in [0.15, 0.2) is 24.3 Å². The van der Waals surface area contributed by atoms with E-state index in [1.165, 1.54) is 0 Å². The van der Waals surface area contributed by atoms with E-state index >= 15 is 0 Å². The molecule has 1 fully saturated rings. The van der Waals surface area contributed by atoms with E-state index in [-0.39, 0.29) is 24.3 Å². The van der Waals surface area contributed by atoms with E-state index in [0.717, 1.165) is 42.6 Å². The third-order valence-corrected chi connectivity index (χ3v) is 5.09. The maximum absolute atomic E-state index is 12.6. The summed E-state index contributed by atoms with van der Waals surface area (Å²) in [5.41, 5.74) is 3.33. The minimum Gasteiger partial charge on any atom is -0.346 e. The SMILES string of the molecule is O=C(N[C@@H]1CC(=O)N(c2cccc(Cl)c2)C1)c1n[nH]c2c1CCCC2. The van der Waals surface area contributed by atoms with Crippen LogP contribution >= 0.6 is 11.6 Å². The molecule has 2 heterocycles. The number of benzene rings is 1. The summed E-state index contributed by atoms with van der Waals surface area (Å²) >= 11 is 6.01. The molecule has 0 bridgehead atoms. The number of aromatic amines is 1. The number of carbonyl (C=O) groups is 2. The van der Waals surface area contributed by atoms with Gasteiger partial charge < -0.3 is 10.2 Å². The molecule has 0 unspecified atom stereocenters. The topological polar surface area (TPSA) is 78.1 Å². The molecule has 130 valence electrons. The molecule has 6 nitrogen and oxygen atoms in total. The molecule has 0 saturated carbocycles. The minimum atomic E-state index is -0.227. The van der Waals surface area contributed by atoms with Crippen LogP contribution in [0, 0.1) is 0 Å². The van der Waals surface area contributed by atoms with Gasteiger partial charge in [0.2, 0.25) is 5.91 Å². The molecule has 2 amide bonds. The Morgan fingerprint density at radius 2 is 2.16 bits per heavy atom. The highest BCUT2D eigenvalue weighted by atomic mass is 35.5. The largest absolute Gasteiger partial charge is 0.346 e. The zero-order valence-electron chi connectivity index (χ0n) is 13.7. The average Bonchev–Trinajstić information content (AvgIpc) is 3.18. The van der Waals surface area contributed by atoms with Gasteiger partial charge in [0, 0.05) is 34.9 Å². The second-order valence-corrected chi connectivity index (χ2v) is 7.03. The highest BCUT2D eigenvalue weighted by molar-refractivity contribution is 6.30. The van der Waals surface area contributed by atoms with Gasteiger partial charge in [0.05, 0.1) is 6.04 Å². The highest BCUT2D eigenvalue weighted by Crippen LogP contribution is 2.25. The Balaban J connectivity index is 1.46. The van der Waals surface area contributed by atoms with E-state index in [2.05, 4.69) is 15.5 Å². The summed E-state index contributed by atoms with van der Waals surface area (Å²) in [6.07, 6.45) is 4.32. The maximum Gasteiger partial charge on any atom is 0.272 e. The van der Waals surface area contributed by atoms with Gasteiger partial charge in [-0.15, -0.1) is 0 Å². The highest BCUT2D eigenvalue weighted by Gasteiger charge is 2.33. The fourth-order valence-corrected chi connectivity index (χ4v) is 3.80. The lowest BCUT2D eigenvalue weighted by Crippen LogP contribution is -2.37. The smallest absolute Gasteiger partial charge is 0.272 e. The monoisotopic (exact) mass is 358 g/mol. The van der Waals surface area contributed by atoms with Crippen LogP contribution in [0.25, 0.3) is 0 Å². The van der Waals surface area contributed by atoms with Gasteiger partial charge >= 0.3 is 0 Å². The van der Waals surface area contributed by atoms with Gasteiger partial charge in [0.15, 0.2) is 5.69 Å². The van der Waals surface area contributed by atoms with Crippen LogP contribution in [0.3, 0.4) is 0 Å². The number of rotatable bonds is 3. The van der Waals surface area contributed by atoms with E-state index in [4.69, 9.17) is 11.6 Å². The van der Waals surface area contributed by atoms with E-state index in [9.17, 15) is 9.59 Å². The second kappa shape index (κ2) is 6.52. The third kappa shape index (κ3) is 3.14. The van der Waals surface area contributed by atoms with E-state index in [0.29, 0.717) is 17.3 Å². The molecule has 4 rings (SSSR count). The normalized spacial score (nSPS) is 19.8. The summed E-state index contributed by atoms with van der Waals surface area (Å²) in [6, 6.07) is 6.96. The molecule has 1 aromatic carbocycles. The van der Waals surface area contributed by atoms with Gasteiger partial charge in [0.25, 0.3) is 5.91 Å². The summed E-state index contributed by atoms with van der Waals surface area (Å²) in [5.74, 6) is -0.221. The number of nitrogens with zero attached hydrogens (tertiary/aromatic N) is 2. The first-order chi connectivity index (χ1) is 12.1. The summed E-state index contributed by atoms with van der Waals surface area (Å²) in [4.78, 5) is 26.6. The number of H-pyrrole nitrogens is 1. The predicted octanol–water partition coefficient (Wildman–Crippen LogP) is 2.48. The van der Waals surface area contributed by atoms with Crippen molar-refractivity contribution in [2.24, 2.45) is 0 Å². The molecule has 7 heteroatoms. The molecular weight excluding hydrogens is 340 g/mol. The van der Waals surface area contributed by atoms with Crippen LogP contribution in [-0.4, -0.2) is 34.6 Å². The van der Waals surface area contributed by atoms with Crippen LogP contribution in [0.2, 0.25) is 5.02 Å². The summed E-state index contributed by atoms with van der Waals surface area (Å²) in [7, 11) is 0. The van der Waals surface area contributed by atoms with Crippen LogP contribution in [0.1, 0.15) is 41.0 Å². The number of amides is 2. The Labute approximate surface area is 150 Å². The van der Waals surface area contributed by atoms with Crippen molar-refractivity contribution in [2.75, 3.05) is 11.4 Å². The molecule has 25 heavy (non-hydrogen) atoms. The van der Waals surface area contributed by atoms with Gasteiger partial charge in [-0.3, -0.25) is 14.7 Å². The van der Waals surface area contributed by atoms with Crippen molar-refractivity contribution in [1.82, 2.24) is 15.5 Å². The van der Waals surface area contributed by atoms with Crippen molar-refractivity contribution in [3.05, 3.63) is 46.2 Å². The van der Waals surface area contributed by atoms with Crippen molar-refractivity contribution in [2.45, 2.75) is 38.1 Å². The van der Waals surface area contributed by atoms with Crippen LogP contribution in [0.4, 0.5) is 5.69 Å². The number of nitrogens with one attached hydrogen (secondary N) is 2. The summed E-state index contributed by atoms with van der Waals surface area (Å²) in [6.45, 7) is 0.442. The molecule has 1 aromatic heterocycles. The standard InChI is InChI=1S/C18H19ClN4O2/c19-11-4-3-5-13(8-11)23-10-12(9-16(23)24)20-18(25)17-14-6-1-2-7-15(14)21-22-17/h3-5,8,12H,1-2,6-7,9-10H2,(H,20,25)(H,21,22)/t12-/m1/s1. The number of halogens is 1. The maximum atomic E-state index is 12.6. The predicted molar refractivity (Wildman–Crippen MR) is 94.9 cm³/mol. The molecule has 2 aliphatic rings. The average molecular weight is 359 g/mol. The Bertz CT molecular complexity index is 832. The first-order valence-electron chi connectivity index (χ1n) is 8.55. The van der Waals surface area contributed by atoms with Crippen molar-refractivity contribution in [3.63, 3.8) is 0 Å². The molecule has 1 saturated heterocycles. The Morgan fingerprint density at radius 1 is 1.32 bits per heavy atom. The van der Waals surface area contributed by atoms with Crippen LogP contribution < -0.4 is 10.2 Å². The number of fused-ring (bicyclic) bond motifs is 1. The molecule has 2 aromatic rings. The summed E-state index contributed by atoms with van der Waals surface area (Å²) in [5, 5.41) is 10.7. The van der Waals surface area contributed by atoms with Crippen molar-refractivity contribution in [3.8, 4) is 0 Å². The summed E-state index contributed by atoms with van der Waals surface area (Å²) < 4.78 is 0. The number of carbonyl (C=O) groups excluding carboxylic acids is 2. The number of aromatic nitrogens is 2. The molecule has 0 radical (unpaired) electrons. The minimum absolute atomic E-state index is 0.0170. The first kappa shape index (κ1) is 16.1. The van der Waals surface area contributed by atoms with E-state index in [1.54, 1.807) is 17.0 Å². The lowest BCUT2D eigenvalue weighted by molar-refractivity contribution is -0.117. The quantitative estimate of drug-likeness (QED) is 0.884. The zero-order chi connectivity index (χ0) is 17.4. The van der Waals surface area contributed by atoms with Gasteiger partial charge in [-0.2, -0.15) is 5.10 Å². The van der Waals surface area contributed by atoms with Crippen LogP contribution in [-0.2, 0) is 17.6 Å². The van der Waals surface area contributed by atoms with Crippen molar-refractivity contribution >= 4 is 29.1 Å². The first-order valence-corrected chi connectivity index (χ1v) is 8.92. The fraction of sp³-hybridized carbons (Fsp3) is 0.389. The van der Waals surface area contributed by atoms with Crippen molar-refractivity contribution in [1.29, 1.82) is 0 Å². The number of aryl methyl sites for hydroxylation is 1. The molecule has 1 aliphatic heterocycles. The van der Waals surface area contributed by atoms with E-state index < -0.39 is 0 Å². The fourth-order valence-electron chi connectivity index (χ4n) is 3.62. The number of hydrogen-bond donors (Lipinski definition) is 2. The Kier molecular flexibility index (Phi) is 4.21. The van der Waals surface area contributed by atoms with E-state index in [1.807, 2.05) is 12.1 Å². The van der Waals surface area contributed by atoms with Gasteiger partial charge in [0.1, 0.15) is 0 Å². The Hall–Kier alpha value is -2.34. The third-order valence-electron chi connectivity index (χ3n) is 4.85. The second-order valence-electron chi connectivity index (χ2n) is 6.60. The van der Waals surface area contributed by atoms with Gasteiger partial charge in [-0.25, -0.2) is 0 Å². The van der Waals surface area contributed by atoms with Gasteiger partial charge in [-0.1, -0.05) is 17.7 Å². The van der Waals surface area contributed by atoms with Gasteiger partial charge in [-0.05, 0) is 43.9 Å². The molecule has 2 N–H and O–H groups in total. The Morgan fingerprint density at radius 3 is 3.00 bits per heavy atom. The van der Waals surface area contributed by atoms with Crippen molar-refractivity contribution < 1.29 is 9.59 Å². The lowest BCUT2D eigenvalue weighted by Gasteiger charge is -2.17. The molecule has 0 spiro atoms. The van der Waals surface area contributed by atoms with Crippen LogP contribution in [0.5, 0.6) is 0 Å². The lowest BCUT2D eigenvalue weighted by atomic mass is 9.95. The number of hydrogen-bond acceptors (Lipinski definition) is 3. The molecule has 1 atom stereocenters. The molecular formula is C18H19ClN4O2.